The van der Waals surface area contributed by atoms with Crippen LogP contribution < -0.4 is 5.32 Å². The van der Waals surface area contributed by atoms with E-state index in [0.717, 1.165) is 5.56 Å². The SMILES string of the molecule is CCOC(=O)c1ccc(C)c(NC(=O)C2CCN(S(=O)(=O)c3ccccc3)CC2)c1. The number of amides is 1. The lowest BCUT2D eigenvalue weighted by molar-refractivity contribution is -0.120. The molecule has 160 valence electrons. The smallest absolute Gasteiger partial charge is 0.338 e. The van der Waals surface area contributed by atoms with Crippen molar-refractivity contribution in [2.24, 2.45) is 5.92 Å². The summed E-state index contributed by atoms with van der Waals surface area (Å²) in [5, 5.41) is 2.89. The molecule has 1 aliphatic heterocycles. The molecule has 2 aromatic carbocycles. The Hall–Kier alpha value is -2.71. The number of rotatable bonds is 6. The summed E-state index contributed by atoms with van der Waals surface area (Å²) in [6.07, 6.45) is 0.878. The molecule has 0 aliphatic carbocycles. The molecule has 2 aromatic rings. The van der Waals surface area contributed by atoms with Gasteiger partial charge >= 0.3 is 5.97 Å². The van der Waals surface area contributed by atoms with Crippen LogP contribution in [-0.2, 0) is 19.6 Å². The molecule has 1 saturated heterocycles. The number of aryl methyl sites for hydroxylation is 1. The van der Waals surface area contributed by atoms with Gasteiger partial charge in [0, 0.05) is 24.7 Å². The summed E-state index contributed by atoms with van der Waals surface area (Å²) in [5.74, 6) is -0.902. The van der Waals surface area contributed by atoms with Gasteiger partial charge in [0.2, 0.25) is 15.9 Å². The first-order valence-electron chi connectivity index (χ1n) is 9.96. The molecule has 3 rings (SSSR count). The first-order chi connectivity index (χ1) is 14.3. The molecular formula is C22H26N2O5S. The summed E-state index contributed by atoms with van der Waals surface area (Å²) in [5.41, 5.74) is 1.77. The van der Waals surface area contributed by atoms with Gasteiger partial charge in [0.25, 0.3) is 0 Å². The number of hydrogen-bond acceptors (Lipinski definition) is 5. The highest BCUT2D eigenvalue weighted by atomic mass is 32.2. The number of benzene rings is 2. The van der Waals surface area contributed by atoms with E-state index in [2.05, 4.69) is 5.32 Å². The first kappa shape index (κ1) is 22.0. The number of nitrogens with zero attached hydrogens (tertiary/aromatic N) is 1. The maximum Gasteiger partial charge on any atom is 0.338 e. The van der Waals surface area contributed by atoms with E-state index in [1.54, 1.807) is 55.5 Å². The zero-order valence-corrected chi connectivity index (χ0v) is 17.9. The Morgan fingerprint density at radius 3 is 2.40 bits per heavy atom. The molecule has 1 N–H and O–H groups in total. The van der Waals surface area contributed by atoms with E-state index in [1.807, 2.05) is 6.92 Å². The monoisotopic (exact) mass is 430 g/mol. The molecule has 0 atom stereocenters. The predicted octanol–water partition coefficient (Wildman–Crippen LogP) is 3.21. The molecule has 0 saturated carbocycles. The summed E-state index contributed by atoms with van der Waals surface area (Å²) in [6.45, 7) is 4.44. The van der Waals surface area contributed by atoms with E-state index in [1.165, 1.54) is 4.31 Å². The largest absolute Gasteiger partial charge is 0.462 e. The highest BCUT2D eigenvalue weighted by Crippen LogP contribution is 2.26. The second-order valence-electron chi connectivity index (χ2n) is 7.23. The molecule has 0 spiro atoms. The van der Waals surface area contributed by atoms with Gasteiger partial charge in [-0.25, -0.2) is 13.2 Å². The van der Waals surface area contributed by atoms with E-state index in [4.69, 9.17) is 4.74 Å². The molecule has 1 heterocycles. The van der Waals surface area contributed by atoms with Gasteiger partial charge < -0.3 is 10.1 Å². The number of sulfonamides is 1. The Morgan fingerprint density at radius 1 is 1.10 bits per heavy atom. The Morgan fingerprint density at radius 2 is 1.77 bits per heavy atom. The van der Waals surface area contributed by atoms with Crippen LogP contribution in [0.5, 0.6) is 0 Å². The summed E-state index contributed by atoms with van der Waals surface area (Å²) >= 11 is 0. The molecule has 7 nitrogen and oxygen atoms in total. The van der Waals surface area contributed by atoms with E-state index >= 15 is 0 Å². The van der Waals surface area contributed by atoms with Gasteiger partial charge in [0.05, 0.1) is 17.1 Å². The van der Waals surface area contributed by atoms with Crippen LogP contribution in [0, 0.1) is 12.8 Å². The molecule has 0 aromatic heterocycles. The van der Waals surface area contributed by atoms with Crippen molar-refractivity contribution in [1.82, 2.24) is 4.31 Å². The highest BCUT2D eigenvalue weighted by molar-refractivity contribution is 7.89. The van der Waals surface area contributed by atoms with Gasteiger partial charge in [-0.3, -0.25) is 4.79 Å². The van der Waals surface area contributed by atoms with Crippen LogP contribution in [0.2, 0.25) is 0 Å². The number of carbonyl (C=O) groups is 2. The third-order valence-corrected chi connectivity index (χ3v) is 7.13. The third-order valence-electron chi connectivity index (χ3n) is 5.21. The second-order valence-corrected chi connectivity index (χ2v) is 9.17. The maximum absolute atomic E-state index is 12.8. The molecule has 1 amide bonds. The Kier molecular flexibility index (Phi) is 6.89. The molecule has 8 heteroatoms. The molecule has 0 radical (unpaired) electrons. The Labute approximate surface area is 177 Å². The molecule has 1 fully saturated rings. The van der Waals surface area contributed by atoms with Crippen molar-refractivity contribution in [1.29, 1.82) is 0 Å². The zero-order chi connectivity index (χ0) is 21.7. The molecule has 1 aliphatic rings. The standard InChI is InChI=1S/C22H26N2O5S/c1-3-29-22(26)18-10-9-16(2)20(15-18)23-21(25)17-11-13-24(14-12-17)30(27,28)19-7-5-4-6-8-19/h4-10,15,17H,3,11-14H2,1-2H3,(H,23,25). The van der Waals surface area contributed by atoms with Crippen LogP contribution in [0.4, 0.5) is 5.69 Å². The minimum absolute atomic E-state index is 0.170. The number of anilines is 1. The van der Waals surface area contributed by atoms with Gasteiger partial charge in [-0.15, -0.1) is 0 Å². The Bertz CT molecular complexity index is 1010. The minimum Gasteiger partial charge on any atom is -0.462 e. The fraction of sp³-hybridized carbons (Fsp3) is 0.364. The van der Waals surface area contributed by atoms with Crippen molar-refractivity contribution in [3.63, 3.8) is 0 Å². The normalized spacial score (nSPS) is 15.5. The maximum atomic E-state index is 12.8. The first-order valence-corrected chi connectivity index (χ1v) is 11.4. The number of ether oxygens (including phenoxy) is 1. The number of hydrogen-bond donors (Lipinski definition) is 1. The summed E-state index contributed by atoms with van der Waals surface area (Å²) < 4.78 is 31.9. The number of nitrogens with one attached hydrogen (secondary N) is 1. The lowest BCUT2D eigenvalue weighted by Gasteiger charge is -2.30. The van der Waals surface area contributed by atoms with Gasteiger partial charge in [-0.1, -0.05) is 24.3 Å². The van der Waals surface area contributed by atoms with Crippen LogP contribution >= 0.6 is 0 Å². The predicted molar refractivity (Wildman–Crippen MR) is 114 cm³/mol. The van der Waals surface area contributed by atoms with Gasteiger partial charge in [-0.05, 0) is 56.5 Å². The van der Waals surface area contributed by atoms with Crippen molar-refractivity contribution < 1.29 is 22.7 Å². The quantitative estimate of drug-likeness (QED) is 0.711. The van der Waals surface area contributed by atoms with Crippen molar-refractivity contribution in [3.8, 4) is 0 Å². The van der Waals surface area contributed by atoms with Gasteiger partial charge in [0.15, 0.2) is 0 Å². The number of carbonyl (C=O) groups excluding carboxylic acids is 2. The molecule has 0 bridgehead atoms. The van der Waals surface area contributed by atoms with Crippen molar-refractivity contribution in [2.75, 3.05) is 25.0 Å². The van der Waals surface area contributed by atoms with Crippen LogP contribution in [0.3, 0.4) is 0 Å². The van der Waals surface area contributed by atoms with E-state index in [9.17, 15) is 18.0 Å². The summed E-state index contributed by atoms with van der Waals surface area (Å²) in [6, 6.07) is 13.3. The van der Waals surface area contributed by atoms with E-state index < -0.39 is 16.0 Å². The molecule has 0 unspecified atom stereocenters. The lowest BCUT2D eigenvalue weighted by Crippen LogP contribution is -2.41. The van der Waals surface area contributed by atoms with Crippen molar-refractivity contribution >= 4 is 27.6 Å². The minimum atomic E-state index is -3.55. The van der Waals surface area contributed by atoms with E-state index in [0.29, 0.717) is 24.1 Å². The van der Waals surface area contributed by atoms with Crippen LogP contribution in [0.25, 0.3) is 0 Å². The van der Waals surface area contributed by atoms with Crippen LogP contribution in [0.15, 0.2) is 53.4 Å². The average Bonchev–Trinajstić information content (AvgIpc) is 2.76. The number of esters is 1. The fourth-order valence-corrected chi connectivity index (χ4v) is 4.92. The van der Waals surface area contributed by atoms with Gasteiger partial charge in [0.1, 0.15) is 0 Å². The van der Waals surface area contributed by atoms with Gasteiger partial charge in [-0.2, -0.15) is 4.31 Å². The highest BCUT2D eigenvalue weighted by Gasteiger charge is 2.32. The summed E-state index contributed by atoms with van der Waals surface area (Å²) in [4.78, 5) is 25.0. The Balaban J connectivity index is 1.64. The fourth-order valence-electron chi connectivity index (χ4n) is 3.43. The lowest BCUT2D eigenvalue weighted by atomic mass is 9.97. The second kappa shape index (κ2) is 9.40. The number of piperidine rings is 1. The van der Waals surface area contributed by atoms with Crippen LogP contribution in [0.1, 0.15) is 35.7 Å². The van der Waals surface area contributed by atoms with Crippen molar-refractivity contribution in [2.45, 2.75) is 31.6 Å². The third kappa shape index (κ3) is 4.88. The van der Waals surface area contributed by atoms with Crippen LogP contribution in [-0.4, -0.2) is 44.3 Å². The zero-order valence-electron chi connectivity index (χ0n) is 17.1. The molecule has 30 heavy (non-hydrogen) atoms. The average molecular weight is 431 g/mol. The van der Waals surface area contributed by atoms with Crippen molar-refractivity contribution in [3.05, 3.63) is 59.7 Å². The van der Waals surface area contributed by atoms with E-state index in [-0.39, 0.29) is 36.4 Å². The summed E-state index contributed by atoms with van der Waals surface area (Å²) in [7, 11) is -3.55. The molecular weight excluding hydrogens is 404 g/mol. The topological polar surface area (TPSA) is 92.8 Å².